The van der Waals surface area contributed by atoms with E-state index in [1.165, 1.54) is 12.1 Å². The van der Waals surface area contributed by atoms with Crippen molar-refractivity contribution in [3.63, 3.8) is 0 Å². The summed E-state index contributed by atoms with van der Waals surface area (Å²) < 4.78 is 19.8. The standard InChI is InChI=1S/C32H38FN3O4/c1-31(2)19-35(30(39)27(37)21-7-5-4-6-8-21)15-16-36(31)29(38)26-18-25-28(40-26)23(32(3)13-14-32)17-24(34-25)20-9-11-22(33)12-10-20/h9-12,17-18,21,27,37H,4-8,13-16,19H2,1-3H3/t27-/m1/s1. The highest BCUT2D eigenvalue weighted by Gasteiger charge is 2.44. The number of aromatic nitrogens is 1. The number of aliphatic hydroxyl groups is 1. The van der Waals surface area contributed by atoms with Crippen LogP contribution >= 0.6 is 0 Å². The molecular formula is C32H38FN3O4. The van der Waals surface area contributed by atoms with E-state index in [4.69, 9.17) is 9.40 Å². The Morgan fingerprint density at radius 2 is 1.75 bits per heavy atom. The number of hydrogen-bond donors (Lipinski definition) is 1. The second-order valence-corrected chi connectivity index (χ2v) is 12.8. The van der Waals surface area contributed by atoms with Crippen LogP contribution in [0.4, 0.5) is 4.39 Å². The van der Waals surface area contributed by atoms with Crippen LogP contribution in [0.5, 0.6) is 0 Å². The highest BCUT2D eigenvalue weighted by Crippen LogP contribution is 2.50. The Balaban J connectivity index is 1.25. The zero-order valence-electron chi connectivity index (χ0n) is 23.6. The minimum atomic E-state index is -0.975. The Bertz CT molecular complexity index is 1440. The van der Waals surface area contributed by atoms with Gasteiger partial charge in [-0.3, -0.25) is 9.59 Å². The van der Waals surface area contributed by atoms with Crippen molar-refractivity contribution in [2.24, 2.45) is 5.92 Å². The largest absolute Gasteiger partial charge is 0.449 e. The molecule has 1 N–H and O–H groups in total. The number of hydrogen-bond acceptors (Lipinski definition) is 5. The highest BCUT2D eigenvalue weighted by atomic mass is 19.1. The van der Waals surface area contributed by atoms with Crippen LogP contribution in [0.25, 0.3) is 22.4 Å². The van der Waals surface area contributed by atoms with Gasteiger partial charge in [-0.25, -0.2) is 9.37 Å². The first-order valence-electron chi connectivity index (χ1n) is 14.6. The average Bonchev–Trinajstić information content (AvgIpc) is 3.55. The molecule has 212 valence electrons. The normalized spacial score (nSPS) is 21.4. The molecule has 3 heterocycles. The Kier molecular flexibility index (Phi) is 6.72. The molecule has 3 fully saturated rings. The molecule has 0 spiro atoms. The van der Waals surface area contributed by atoms with Gasteiger partial charge in [0.15, 0.2) is 11.3 Å². The predicted octanol–water partition coefficient (Wildman–Crippen LogP) is 5.69. The van der Waals surface area contributed by atoms with Crippen molar-refractivity contribution in [2.75, 3.05) is 19.6 Å². The van der Waals surface area contributed by atoms with Gasteiger partial charge in [-0.05, 0) is 81.2 Å². The van der Waals surface area contributed by atoms with Crippen LogP contribution in [-0.4, -0.2) is 63.0 Å². The van der Waals surface area contributed by atoms with E-state index in [0.29, 0.717) is 30.7 Å². The van der Waals surface area contributed by atoms with Gasteiger partial charge < -0.3 is 19.3 Å². The van der Waals surface area contributed by atoms with Crippen molar-refractivity contribution >= 4 is 22.9 Å². The second-order valence-electron chi connectivity index (χ2n) is 12.8. The number of aliphatic hydroxyl groups excluding tert-OH is 1. The van der Waals surface area contributed by atoms with Gasteiger partial charge in [-0.1, -0.05) is 26.2 Å². The third-order valence-electron chi connectivity index (χ3n) is 9.29. The molecule has 1 saturated heterocycles. The summed E-state index contributed by atoms with van der Waals surface area (Å²) in [6.45, 7) is 7.14. The van der Waals surface area contributed by atoms with Gasteiger partial charge in [0, 0.05) is 36.8 Å². The molecule has 2 saturated carbocycles. The zero-order chi connectivity index (χ0) is 28.2. The van der Waals surface area contributed by atoms with Gasteiger partial charge in [0.05, 0.1) is 11.2 Å². The number of rotatable bonds is 5. The first-order chi connectivity index (χ1) is 19.1. The number of carbonyl (C=O) groups is 2. The molecule has 1 aromatic carbocycles. The van der Waals surface area contributed by atoms with Crippen LogP contribution in [0.1, 0.15) is 81.8 Å². The fourth-order valence-corrected chi connectivity index (χ4v) is 6.49. The van der Waals surface area contributed by atoms with Crippen LogP contribution in [-0.2, 0) is 10.2 Å². The van der Waals surface area contributed by atoms with E-state index in [-0.39, 0.29) is 34.7 Å². The first kappa shape index (κ1) is 26.9. The Labute approximate surface area is 234 Å². The smallest absolute Gasteiger partial charge is 0.290 e. The lowest BCUT2D eigenvalue weighted by molar-refractivity contribution is -0.148. The molecule has 1 atom stereocenters. The average molecular weight is 548 g/mol. The van der Waals surface area contributed by atoms with Gasteiger partial charge in [0.2, 0.25) is 0 Å². The van der Waals surface area contributed by atoms with Crippen molar-refractivity contribution in [2.45, 2.75) is 82.8 Å². The SMILES string of the molecule is CC1(c2cc(-c3ccc(F)cc3)nc3cc(C(=O)N4CCN(C(=O)[C@H](O)C5CCCCC5)CC4(C)C)oc23)CC1. The molecule has 7 nitrogen and oxygen atoms in total. The number of carbonyl (C=O) groups excluding carboxylic acids is 2. The number of pyridine rings is 1. The number of halogens is 1. The quantitative estimate of drug-likeness (QED) is 0.444. The van der Waals surface area contributed by atoms with Gasteiger partial charge in [-0.15, -0.1) is 0 Å². The maximum atomic E-state index is 13.8. The van der Waals surface area contributed by atoms with Gasteiger partial charge in [0.25, 0.3) is 11.8 Å². The molecule has 2 aromatic heterocycles. The van der Waals surface area contributed by atoms with E-state index in [0.717, 1.165) is 61.8 Å². The maximum absolute atomic E-state index is 13.8. The molecule has 0 unspecified atom stereocenters. The maximum Gasteiger partial charge on any atom is 0.290 e. The molecule has 40 heavy (non-hydrogen) atoms. The third kappa shape index (κ3) is 4.91. The van der Waals surface area contributed by atoms with Crippen LogP contribution in [0.2, 0.25) is 0 Å². The number of amides is 2. The number of furan rings is 1. The van der Waals surface area contributed by atoms with E-state index < -0.39 is 11.6 Å². The molecule has 8 heteroatoms. The number of fused-ring (bicyclic) bond motifs is 1. The van der Waals surface area contributed by atoms with E-state index in [9.17, 15) is 19.1 Å². The van der Waals surface area contributed by atoms with E-state index >= 15 is 0 Å². The highest BCUT2D eigenvalue weighted by molar-refractivity contribution is 5.97. The summed E-state index contributed by atoms with van der Waals surface area (Å²) in [5.41, 5.74) is 3.08. The first-order valence-corrected chi connectivity index (χ1v) is 14.6. The molecule has 3 aromatic rings. The van der Waals surface area contributed by atoms with Crippen LogP contribution in [0.3, 0.4) is 0 Å². The second kappa shape index (κ2) is 9.98. The molecule has 6 rings (SSSR count). The lowest BCUT2D eigenvalue weighted by atomic mass is 9.84. The van der Waals surface area contributed by atoms with Crippen molar-refractivity contribution < 1.29 is 23.5 Å². The monoisotopic (exact) mass is 547 g/mol. The van der Waals surface area contributed by atoms with Gasteiger partial charge in [0.1, 0.15) is 17.4 Å². The van der Waals surface area contributed by atoms with Crippen molar-refractivity contribution in [3.8, 4) is 11.3 Å². The van der Waals surface area contributed by atoms with Crippen molar-refractivity contribution in [3.05, 3.63) is 53.5 Å². The van der Waals surface area contributed by atoms with E-state index in [1.807, 2.05) is 19.9 Å². The number of benzene rings is 1. The lowest BCUT2D eigenvalue weighted by Gasteiger charge is -2.47. The predicted molar refractivity (Wildman–Crippen MR) is 150 cm³/mol. The number of piperazine rings is 1. The Hall–Kier alpha value is -3.26. The fourth-order valence-electron chi connectivity index (χ4n) is 6.49. The Morgan fingerprint density at radius 3 is 2.40 bits per heavy atom. The summed E-state index contributed by atoms with van der Waals surface area (Å²) in [7, 11) is 0. The van der Waals surface area contributed by atoms with Crippen molar-refractivity contribution in [1.82, 2.24) is 14.8 Å². The molecule has 3 aliphatic rings. The van der Waals surface area contributed by atoms with Gasteiger partial charge in [-0.2, -0.15) is 0 Å². The summed E-state index contributed by atoms with van der Waals surface area (Å²) in [6.07, 6.45) is 6.12. The summed E-state index contributed by atoms with van der Waals surface area (Å²) in [4.78, 5) is 35.3. The van der Waals surface area contributed by atoms with Crippen LogP contribution in [0, 0.1) is 11.7 Å². The van der Waals surface area contributed by atoms with E-state index in [2.05, 4.69) is 6.92 Å². The summed E-state index contributed by atoms with van der Waals surface area (Å²) in [6, 6.07) is 9.98. The molecule has 2 amide bonds. The van der Waals surface area contributed by atoms with Gasteiger partial charge >= 0.3 is 0 Å². The van der Waals surface area contributed by atoms with E-state index in [1.54, 1.807) is 28.0 Å². The number of nitrogens with zero attached hydrogens (tertiary/aromatic N) is 3. The topological polar surface area (TPSA) is 86.9 Å². The summed E-state index contributed by atoms with van der Waals surface area (Å²) in [5, 5.41) is 10.8. The van der Waals surface area contributed by atoms with Crippen molar-refractivity contribution in [1.29, 1.82) is 0 Å². The molecule has 0 radical (unpaired) electrons. The minimum Gasteiger partial charge on any atom is -0.449 e. The lowest BCUT2D eigenvalue weighted by Crippen LogP contribution is -2.63. The molecular weight excluding hydrogens is 509 g/mol. The van der Waals surface area contributed by atoms with Crippen LogP contribution < -0.4 is 0 Å². The Morgan fingerprint density at radius 1 is 1.05 bits per heavy atom. The zero-order valence-corrected chi connectivity index (χ0v) is 23.6. The summed E-state index contributed by atoms with van der Waals surface area (Å²) >= 11 is 0. The van der Waals surface area contributed by atoms with Crippen LogP contribution in [0.15, 0.2) is 40.8 Å². The minimum absolute atomic E-state index is 0.0226. The third-order valence-corrected chi connectivity index (χ3v) is 9.29. The molecule has 1 aliphatic heterocycles. The summed E-state index contributed by atoms with van der Waals surface area (Å²) in [5.74, 6) is -0.522. The molecule has 0 bridgehead atoms. The molecule has 2 aliphatic carbocycles. The fraction of sp³-hybridized carbons (Fsp3) is 0.531.